The lowest BCUT2D eigenvalue weighted by atomic mass is 10.0. The molecule has 2 atom stereocenters. The average molecular weight is 323 g/mol. The molecule has 4 nitrogen and oxygen atoms in total. The number of aromatic nitrogens is 2. The molecule has 1 aliphatic heterocycles. The topological polar surface area (TPSA) is 47.3 Å². The van der Waals surface area contributed by atoms with E-state index in [0.29, 0.717) is 0 Å². The molecule has 2 heterocycles. The predicted molar refractivity (Wildman–Crippen MR) is 75.1 cm³/mol. The van der Waals surface area contributed by atoms with Gasteiger partial charge in [0.1, 0.15) is 18.0 Å². The first kappa shape index (κ1) is 12.7. The van der Waals surface area contributed by atoms with E-state index < -0.39 is 6.10 Å². The van der Waals surface area contributed by atoms with Crippen LogP contribution in [0.2, 0.25) is 0 Å². The third kappa shape index (κ3) is 2.17. The van der Waals surface area contributed by atoms with Crippen molar-refractivity contribution in [3.63, 3.8) is 0 Å². The van der Waals surface area contributed by atoms with Crippen LogP contribution in [0.4, 0.5) is 0 Å². The number of benzene rings is 1. The SMILES string of the molecule is CCn1ncc(Br)c1C(O)C1Cc2ccccc2O1. The summed E-state index contributed by atoms with van der Waals surface area (Å²) in [5, 5.41) is 14.8. The van der Waals surface area contributed by atoms with Gasteiger partial charge >= 0.3 is 0 Å². The quantitative estimate of drug-likeness (QED) is 0.945. The van der Waals surface area contributed by atoms with Gasteiger partial charge in [0, 0.05) is 13.0 Å². The summed E-state index contributed by atoms with van der Waals surface area (Å²) in [6.07, 6.45) is 1.49. The fraction of sp³-hybridized carbons (Fsp3) is 0.357. The monoisotopic (exact) mass is 322 g/mol. The van der Waals surface area contributed by atoms with Crippen LogP contribution in [0.5, 0.6) is 5.75 Å². The van der Waals surface area contributed by atoms with Crippen molar-refractivity contribution < 1.29 is 9.84 Å². The first-order valence-electron chi connectivity index (χ1n) is 6.34. The molecule has 19 heavy (non-hydrogen) atoms. The van der Waals surface area contributed by atoms with Crippen molar-refractivity contribution >= 4 is 15.9 Å². The second kappa shape index (κ2) is 4.98. The second-order valence-corrected chi connectivity index (χ2v) is 5.46. The zero-order chi connectivity index (χ0) is 13.4. The highest BCUT2D eigenvalue weighted by Crippen LogP contribution is 2.35. The van der Waals surface area contributed by atoms with E-state index in [1.54, 1.807) is 10.9 Å². The normalized spacial score (nSPS) is 19.0. The summed E-state index contributed by atoms with van der Waals surface area (Å²) in [5.74, 6) is 0.866. The minimum atomic E-state index is -0.691. The number of aliphatic hydroxyl groups excluding tert-OH is 1. The number of aryl methyl sites for hydroxylation is 1. The molecule has 0 saturated heterocycles. The van der Waals surface area contributed by atoms with Crippen LogP contribution >= 0.6 is 15.9 Å². The molecule has 1 aromatic carbocycles. The number of hydrogen-bond donors (Lipinski definition) is 1. The Labute approximate surface area is 120 Å². The molecule has 0 fully saturated rings. The van der Waals surface area contributed by atoms with Crippen LogP contribution in [0.25, 0.3) is 0 Å². The van der Waals surface area contributed by atoms with Crippen LogP contribution in [0.1, 0.15) is 24.3 Å². The molecule has 1 N–H and O–H groups in total. The van der Waals surface area contributed by atoms with Crippen LogP contribution in [0.3, 0.4) is 0 Å². The Hall–Kier alpha value is -1.33. The van der Waals surface area contributed by atoms with Gasteiger partial charge in [0.25, 0.3) is 0 Å². The van der Waals surface area contributed by atoms with Gasteiger partial charge < -0.3 is 9.84 Å². The lowest BCUT2D eigenvalue weighted by Gasteiger charge is -2.19. The molecule has 1 aliphatic rings. The fourth-order valence-corrected chi connectivity index (χ4v) is 3.01. The van der Waals surface area contributed by atoms with E-state index in [2.05, 4.69) is 21.0 Å². The average Bonchev–Trinajstić information content (AvgIpc) is 3.01. The van der Waals surface area contributed by atoms with Gasteiger partial charge in [-0.25, -0.2) is 0 Å². The molecule has 2 aromatic rings. The van der Waals surface area contributed by atoms with Gasteiger partial charge in [-0.3, -0.25) is 4.68 Å². The minimum absolute atomic E-state index is 0.254. The largest absolute Gasteiger partial charge is 0.487 e. The maximum Gasteiger partial charge on any atom is 0.134 e. The lowest BCUT2D eigenvalue weighted by molar-refractivity contribution is 0.0425. The van der Waals surface area contributed by atoms with Crippen LogP contribution in [-0.2, 0) is 13.0 Å². The fourth-order valence-electron chi connectivity index (χ4n) is 2.48. The smallest absolute Gasteiger partial charge is 0.134 e. The van der Waals surface area contributed by atoms with Crippen molar-refractivity contribution in [2.45, 2.75) is 32.1 Å². The van der Waals surface area contributed by atoms with Gasteiger partial charge in [0.05, 0.1) is 16.4 Å². The molecule has 2 unspecified atom stereocenters. The number of rotatable bonds is 3. The van der Waals surface area contributed by atoms with Gasteiger partial charge in [-0.1, -0.05) is 18.2 Å². The first-order chi connectivity index (χ1) is 9.20. The van der Waals surface area contributed by atoms with E-state index in [1.165, 1.54) is 0 Å². The highest BCUT2D eigenvalue weighted by Gasteiger charge is 2.33. The molecule has 3 rings (SSSR count). The molecular formula is C14H15BrN2O2. The van der Waals surface area contributed by atoms with E-state index in [4.69, 9.17) is 4.74 Å². The molecule has 1 aromatic heterocycles. The molecular weight excluding hydrogens is 308 g/mol. The number of nitrogens with zero attached hydrogens (tertiary/aromatic N) is 2. The number of ether oxygens (including phenoxy) is 1. The minimum Gasteiger partial charge on any atom is -0.487 e. The summed E-state index contributed by atoms with van der Waals surface area (Å²) in [7, 11) is 0. The zero-order valence-corrected chi connectivity index (χ0v) is 12.2. The number of fused-ring (bicyclic) bond motifs is 1. The summed E-state index contributed by atoms with van der Waals surface area (Å²) in [5.41, 5.74) is 1.92. The van der Waals surface area contributed by atoms with E-state index in [-0.39, 0.29) is 6.10 Å². The summed E-state index contributed by atoms with van der Waals surface area (Å²) in [4.78, 5) is 0. The Balaban J connectivity index is 1.87. The summed E-state index contributed by atoms with van der Waals surface area (Å²) < 4.78 is 8.45. The Morgan fingerprint density at radius 1 is 1.53 bits per heavy atom. The molecule has 5 heteroatoms. The highest BCUT2D eigenvalue weighted by molar-refractivity contribution is 9.10. The third-order valence-corrected chi connectivity index (χ3v) is 4.05. The molecule has 0 radical (unpaired) electrons. The molecule has 0 bridgehead atoms. The number of hydrogen-bond acceptors (Lipinski definition) is 3. The van der Waals surface area contributed by atoms with Crippen LogP contribution in [0, 0.1) is 0 Å². The Bertz CT molecular complexity index is 572. The number of aliphatic hydroxyl groups is 1. The van der Waals surface area contributed by atoms with Crippen molar-refractivity contribution in [2.24, 2.45) is 0 Å². The first-order valence-corrected chi connectivity index (χ1v) is 7.13. The molecule has 0 saturated carbocycles. The van der Waals surface area contributed by atoms with Crippen LogP contribution < -0.4 is 4.74 Å². The molecule has 0 amide bonds. The second-order valence-electron chi connectivity index (χ2n) is 4.61. The standard InChI is InChI=1S/C14H15BrN2O2/c1-2-17-13(10(15)8-16-17)14(18)12-7-9-5-3-4-6-11(9)19-12/h3-6,8,12,14,18H,2,7H2,1H3. The van der Waals surface area contributed by atoms with Gasteiger partial charge in [-0.05, 0) is 34.5 Å². The molecule has 0 spiro atoms. The van der Waals surface area contributed by atoms with Gasteiger partial charge in [-0.2, -0.15) is 5.10 Å². The Morgan fingerprint density at radius 2 is 2.32 bits per heavy atom. The van der Waals surface area contributed by atoms with E-state index in [0.717, 1.165) is 34.4 Å². The van der Waals surface area contributed by atoms with Gasteiger partial charge in [0.15, 0.2) is 0 Å². The lowest BCUT2D eigenvalue weighted by Crippen LogP contribution is -2.25. The number of halogens is 1. The summed E-state index contributed by atoms with van der Waals surface area (Å²) in [6.45, 7) is 2.72. The van der Waals surface area contributed by atoms with Gasteiger partial charge in [0.2, 0.25) is 0 Å². The van der Waals surface area contributed by atoms with Crippen LogP contribution in [0.15, 0.2) is 34.9 Å². The summed E-state index contributed by atoms with van der Waals surface area (Å²) >= 11 is 3.44. The van der Waals surface area contributed by atoms with Crippen molar-refractivity contribution in [1.82, 2.24) is 9.78 Å². The van der Waals surface area contributed by atoms with Crippen LogP contribution in [-0.4, -0.2) is 21.0 Å². The van der Waals surface area contributed by atoms with E-state index in [9.17, 15) is 5.11 Å². The van der Waals surface area contributed by atoms with E-state index >= 15 is 0 Å². The molecule has 0 aliphatic carbocycles. The summed E-state index contributed by atoms with van der Waals surface area (Å²) in [6, 6.07) is 7.91. The van der Waals surface area contributed by atoms with E-state index in [1.807, 2.05) is 31.2 Å². The highest BCUT2D eigenvalue weighted by atomic mass is 79.9. The molecule has 100 valence electrons. The predicted octanol–water partition coefficient (Wildman–Crippen LogP) is 2.70. The van der Waals surface area contributed by atoms with Crippen molar-refractivity contribution in [2.75, 3.05) is 0 Å². The Kier molecular flexibility index (Phi) is 3.33. The van der Waals surface area contributed by atoms with Crippen molar-refractivity contribution in [1.29, 1.82) is 0 Å². The van der Waals surface area contributed by atoms with Gasteiger partial charge in [-0.15, -0.1) is 0 Å². The maximum atomic E-state index is 10.6. The maximum absolute atomic E-state index is 10.6. The van der Waals surface area contributed by atoms with Crippen molar-refractivity contribution in [3.8, 4) is 5.75 Å². The van der Waals surface area contributed by atoms with Crippen molar-refractivity contribution in [3.05, 3.63) is 46.2 Å². The number of para-hydroxylation sites is 1. The Morgan fingerprint density at radius 3 is 3.05 bits per heavy atom. The third-order valence-electron chi connectivity index (χ3n) is 3.44. The zero-order valence-electron chi connectivity index (χ0n) is 10.6.